The second kappa shape index (κ2) is 11.1. The fourth-order valence-electron chi connectivity index (χ4n) is 3.44. The van der Waals surface area contributed by atoms with Crippen molar-refractivity contribution in [3.63, 3.8) is 0 Å². The van der Waals surface area contributed by atoms with Crippen LogP contribution in [-0.2, 0) is 32.6 Å². The Labute approximate surface area is 191 Å². The van der Waals surface area contributed by atoms with Crippen LogP contribution < -0.4 is 9.62 Å². The van der Waals surface area contributed by atoms with Gasteiger partial charge in [-0.05, 0) is 44.4 Å². The third-order valence-electron chi connectivity index (χ3n) is 5.31. The summed E-state index contributed by atoms with van der Waals surface area (Å²) in [6.45, 7) is 7.62. The van der Waals surface area contributed by atoms with E-state index >= 15 is 0 Å². The van der Waals surface area contributed by atoms with Gasteiger partial charge in [-0.3, -0.25) is 13.9 Å². The van der Waals surface area contributed by atoms with Crippen LogP contribution in [0.1, 0.15) is 37.5 Å². The highest BCUT2D eigenvalue weighted by Crippen LogP contribution is 2.24. The first-order valence-corrected chi connectivity index (χ1v) is 12.6. The minimum Gasteiger partial charge on any atom is -0.355 e. The zero-order valence-corrected chi connectivity index (χ0v) is 20.3. The minimum atomic E-state index is -3.73. The van der Waals surface area contributed by atoms with Crippen molar-refractivity contribution in [2.24, 2.45) is 0 Å². The van der Waals surface area contributed by atoms with Gasteiger partial charge in [0.2, 0.25) is 21.8 Å². The number of rotatable bonds is 10. The highest BCUT2D eigenvalue weighted by Gasteiger charge is 2.30. The van der Waals surface area contributed by atoms with Gasteiger partial charge in [0.15, 0.2) is 0 Å². The number of para-hydroxylation sites is 1. The molecule has 0 heterocycles. The van der Waals surface area contributed by atoms with Crippen LogP contribution in [0.3, 0.4) is 0 Å². The molecule has 1 atom stereocenters. The number of hydrogen-bond acceptors (Lipinski definition) is 4. The molecule has 32 heavy (non-hydrogen) atoms. The molecule has 0 fully saturated rings. The van der Waals surface area contributed by atoms with E-state index in [1.165, 1.54) is 4.90 Å². The molecule has 0 aliphatic heterocycles. The van der Waals surface area contributed by atoms with Crippen molar-refractivity contribution in [2.75, 3.05) is 23.7 Å². The van der Waals surface area contributed by atoms with Crippen LogP contribution >= 0.6 is 0 Å². The van der Waals surface area contributed by atoms with Gasteiger partial charge in [0.25, 0.3) is 0 Å². The Hall–Kier alpha value is -2.87. The van der Waals surface area contributed by atoms with Crippen molar-refractivity contribution in [3.05, 3.63) is 65.2 Å². The molecule has 1 N–H and O–H groups in total. The molecular weight excluding hydrogens is 426 g/mol. The topological polar surface area (TPSA) is 86.8 Å². The largest absolute Gasteiger partial charge is 0.355 e. The Kier molecular flexibility index (Phi) is 8.83. The fraction of sp³-hybridized carbons (Fsp3) is 0.417. The molecule has 0 aromatic heterocycles. The smallest absolute Gasteiger partial charge is 0.244 e. The summed E-state index contributed by atoms with van der Waals surface area (Å²) in [6.07, 6.45) is 1.71. The van der Waals surface area contributed by atoms with Crippen molar-refractivity contribution in [2.45, 2.75) is 46.7 Å². The molecule has 174 valence electrons. The molecule has 0 saturated carbocycles. The summed E-state index contributed by atoms with van der Waals surface area (Å²) in [6, 6.07) is 14.1. The van der Waals surface area contributed by atoms with Gasteiger partial charge in [0.1, 0.15) is 12.6 Å². The van der Waals surface area contributed by atoms with Crippen molar-refractivity contribution in [3.8, 4) is 0 Å². The maximum absolute atomic E-state index is 13.4. The van der Waals surface area contributed by atoms with Gasteiger partial charge in [-0.1, -0.05) is 55.0 Å². The summed E-state index contributed by atoms with van der Waals surface area (Å²) in [4.78, 5) is 27.4. The van der Waals surface area contributed by atoms with E-state index in [2.05, 4.69) is 5.32 Å². The quantitative estimate of drug-likeness (QED) is 0.592. The van der Waals surface area contributed by atoms with E-state index in [1.807, 2.05) is 57.2 Å². The van der Waals surface area contributed by atoms with Crippen LogP contribution in [0.15, 0.2) is 48.5 Å². The first-order chi connectivity index (χ1) is 15.1. The van der Waals surface area contributed by atoms with Crippen molar-refractivity contribution >= 4 is 27.5 Å². The Morgan fingerprint density at radius 3 is 2.22 bits per heavy atom. The average Bonchev–Trinajstić information content (AvgIpc) is 2.75. The lowest BCUT2D eigenvalue weighted by Gasteiger charge is -2.32. The minimum absolute atomic E-state index is 0.199. The summed E-state index contributed by atoms with van der Waals surface area (Å²) in [7, 11) is -3.73. The highest BCUT2D eigenvalue weighted by molar-refractivity contribution is 7.92. The van der Waals surface area contributed by atoms with Crippen LogP contribution in [0.4, 0.5) is 5.69 Å². The van der Waals surface area contributed by atoms with Gasteiger partial charge >= 0.3 is 0 Å². The standard InChI is InChI=1S/C24H33N3O4S/c1-6-21-10-8-9-11-22(21)27(32(5,30)31)17-23(28)26(19(4)24(29)25-7-2)16-20-14-12-18(3)13-15-20/h8-15,19H,6-7,16-17H2,1-5H3,(H,25,29). The number of aryl methyl sites for hydroxylation is 2. The maximum Gasteiger partial charge on any atom is 0.244 e. The molecule has 0 aliphatic rings. The number of carbonyl (C=O) groups excluding carboxylic acids is 2. The molecule has 1 unspecified atom stereocenters. The molecule has 7 nitrogen and oxygen atoms in total. The van der Waals surface area contributed by atoms with E-state index in [-0.39, 0.29) is 19.0 Å². The Morgan fingerprint density at radius 2 is 1.66 bits per heavy atom. The molecule has 0 spiro atoms. The van der Waals surface area contributed by atoms with Crippen LogP contribution in [0.25, 0.3) is 0 Å². The molecule has 0 saturated heterocycles. The summed E-state index contributed by atoms with van der Waals surface area (Å²) in [5.74, 6) is -0.728. The van der Waals surface area contributed by atoms with Crippen LogP contribution in [0.2, 0.25) is 0 Å². The predicted molar refractivity (Wildman–Crippen MR) is 128 cm³/mol. The number of anilines is 1. The monoisotopic (exact) mass is 459 g/mol. The third-order valence-corrected chi connectivity index (χ3v) is 6.44. The number of nitrogens with one attached hydrogen (secondary N) is 1. The number of hydrogen-bond donors (Lipinski definition) is 1. The fourth-order valence-corrected chi connectivity index (χ4v) is 4.32. The normalized spacial score (nSPS) is 12.2. The maximum atomic E-state index is 13.4. The SMILES string of the molecule is CCNC(=O)C(C)N(Cc1ccc(C)cc1)C(=O)CN(c1ccccc1CC)S(C)(=O)=O. The van der Waals surface area contributed by atoms with Gasteiger partial charge in [-0.15, -0.1) is 0 Å². The number of sulfonamides is 1. The summed E-state index contributed by atoms with van der Waals surface area (Å²) in [5.41, 5.74) is 3.25. The van der Waals surface area contributed by atoms with Crippen LogP contribution in [-0.4, -0.2) is 50.5 Å². The molecule has 2 amide bonds. The summed E-state index contributed by atoms with van der Waals surface area (Å²) >= 11 is 0. The van der Waals surface area contributed by atoms with Gasteiger partial charge in [-0.25, -0.2) is 8.42 Å². The van der Waals surface area contributed by atoms with Crippen molar-refractivity contribution in [1.29, 1.82) is 0 Å². The second-order valence-corrected chi connectivity index (χ2v) is 9.74. The van der Waals surface area contributed by atoms with Gasteiger partial charge in [0.05, 0.1) is 11.9 Å². The number of likely N-dealkylation sites (N-methyl/N-ethyl adjacent to an activating group) is 1. The lowest BCUT2D eigenvalue weighted by atomic mass is 10.1. The van der Waals surface area contributed by atoms with E-state index < -0.39 is 22.0 Å². The van der Waals surface area contributed by atoms with E-state index in [9.17, 15) is 18.0 Å². The lowest BCUT2D eigenvalue weighted by Crippen LogP contribution is -2.51. The van der Waals surface area contributed by atoms with Crippen LogP contribution in [0.5, 0.6) is 0 Å². The number of nitrogens with zero attached hydrogens (tertiary/aromatic N) is 2. The molecule has 0 radical (unpaired) electrons. The summed E-state index contributed by atoms with van der Waals surface area (Å²) < 4.78 is 26.4. The zero-order chi connectivity index (χ0) is 23.9. The van der Waals surface area contributed by atoms with Crippen LogP contribution in [0, 0.1) is 6.92 Å². The molecule has 2 aromatic carbocycles. The molecule has 2 rings (SSSR count). The lowest BCUT2D eigenvalue weighted by molar-refractivity contribution is -0.139. The average molecular weight is 460 g/mol. The predicted octanol–water partition coefficient (Wildman–Crippen LogP) is 2.88. The highest BCUT2D eigenvalue weighted by atomic mass is 32.2. The van der Waals surface area contributed by atoms with Gasteiger partial charge in [0, 0.05) is 13.1 Å². The molecule has 0 aliphatic carbocycles. The van der Waals surface area contributed by atoms with E-state index in [1.54, 1.807) is 19.1 Å². The van der Waals surface area contributed by atoms with Gasteiger partial charge < -0.3 is 10.2 Å². The van der Waals surface area contributed by atoms with E-state index in [0.717, 1.165) is 27.3 Å². The molecular formula is C24H33N3O4S. The molecule has 2 aromatic rings. The Bertz CT molecular complexity index is 1040. The second-order valence-electron chi connectivity index (χ2n) is 7.83. The first-order valence-electron chi connectivity index (χ1n) is 10.8. The van der Waals surface area contributed by atoms with Crippen molar-refractivity contribution in [1.82, 2.24) is 10.2 Å². The summed E-state index contributed by atoms with van der Waals surface area (Å²) in [5, 5.41) is 2.74. The Balaban J connectivity index is 2.41. The third kappa shape index (κ3) is 6.56. The van der Waals surface area contributed by atoms with E-state index in [4.69, 9.17) is 0 Å². The van der Waals surface area contributed by atoms with Gasteiger partial charge in [-0.2, -0.15) is 0 Å². The molecule has 0 bridgehead atoms. The first kappa shape index (κ1) is 25.4. The van der Waals surface area contributed by atoms with Crippen molar-refractivity contribution < 1.29 is 18.0 Å². The Morgan fingerprint density at radius 1 is 1.03 bits per heavy atom. The van der Waals surface area contributed by atoms with E-state index in [0.29, 0.717) is 18.7 Å². The zero-order valence-electron chi connectivity index (χ0n) is 19.5. The number of benzene rings is 2. The molecule has 8 heteroatoms. The number of carbonyl (C=O) groups is 2. The number of amides is 2.